The summed E-state index contributed by atoms with van der Waals surface area (Å²) in [6.07, 6.45) is 3.05. The summed E-state index contributed by atoms with van der Waals surface area (Å²) in [6, 6.07) is 2.28. The van der Waals surface area contributed by atoms with Gasteiger partial charge in [-0.05, 0) is 19.9 Å². The molecule has 0 aromatic carbocycles. The van der Waals surface area contributed by atoms with Gasteiger partial charge in [0.15, 0.2) is 0 Å². The molecule has 1 aromatic heterocycles. The second-order valence-electron chi connectivity index (χ2n) is 4.43. The van der Waals surface area contributed by atoms with Crippen molar-refractivity contribution in [3.63, 3.8) is 0 Å². The smallest absolute Gasteiger partial charge is 0.257 e. The maximum Gasteiger partial charge on any atom is 0.257 e. The average Bonchev–Trinajstić information content (AvgIpc) is 2.81. The predicted molar refractivity (Wildman–Crippen MR) is 61.3 cm³/mol. The lowest BCUT2D eigenvalue weighted by Gasteiger charge is -2.36. The third kappa shape index (κ3) is 2.27. The van der Waals surface area contributed by atoms with Gasteiger partial charge in [-0.15, -0.1) is 0 Å². The molecule has 0 spiro atoms. The maximum atomic E-state index is 12.0. The number of hydrogen-bond donors (Lipinski definition) is 0. The molecule has 0 radical (unpaired) electrons. The Bertz CT molecular complexity index is 338. The summed E-state index contributed by atoms with van der Waals surface area (Å²) < 4.78 is 4.93. The first-order chi connectivity index (χ1) is 7.68. The average molecular weight is 222 g/mol. The zero-order valence-corrected chi connectivity index (χ0v) is 9.85. The highest BCUT2D eigenvalue weighted by Crippen LogP contribution is 2.10. The molecule has 0 bridgehead atoms. The highest BCUT2D eigenvalue weighted by molar-refractivity contribution is 5.93. The van der Waals surface area contributed by atoms with Gasteiger partial charge in [-0.3, -0.25) is 9.69 Å². The minimum absolute atomic E-state index is 0.0807. The van der Waals surface area contributed by atoms with Crippen LogP contribution < -0.4 is 0 Å². The Morgan fingerprint density at radius 2 is 2.00 bits per heavy atom. The molecule has 1 amide bonds. The van der Waals surface area contributed by atoms with Gasteiger partial charge >= 0.3 is 0 Å². The van der Waals surface area contributed by atoms with Crippen molar-refractivity contribution in [2.24, 2.45) is 0 Å². The summed E-state index contributed by atoms with van der Waals surface area (Å²) in [5, 5.41) is 0. The molecule has 0 atom stereocenters. The second kappa shape index (κ2) is 4.70. The number of carbonyl (C=O) groups excluding carboxylic acids is 1. The van der Waals surface area contributed by atoms with Gasteiger partial charge in [0.2, 0.25) is 0 Å². The number of furan rings is 1. The van der Waals surface area contributed by atoms with Crippen LogP contribution in [0, 0.1) is 0 Å². The van der Waals surface area contributed by atoms with E-state index in [9.17, 15) is 4.79 Å². The van der Waals surface area contributed by atoms with E-state index in [0.717, 1.165) is 26.2 Å². The van der Waals surface area contributed by atoms with E-state index in [2.05, 4.69) is 18.7 Å². The van der Waals surface area contributed by atoms with E-state index in [0.29, 0.717) is 11.6 Å². The molecule has 4 nitrogen and oxygen atoms in total. The number of carbonyl (C=O) groups is 1. The Labute approximate surface area is 95.8 Å². The van der Waals surface area contributed by atoms with Crippen LogP contribution in [0.15, 0.2) is 23.0 Å². The van der Waals surface area contributed by atoms with Gasteiger partial charge in [-0.2, -0.15) is 0 Å². The van der Waals surface area contributed by atoms with E-state index in [4.69, 9.17) is 4.42 Å². The number of rotatable bonds is 2. The standard InChI is InChI=1S/C12H18N2O2/c1-10(2)13-4-6-14(7-5-13)12(15)11-3-8-16-9-11/h3,8-10H,4-7H2,1-2H3. The zero-order chi connectivity index (χ0) is 11.5. The van der Waals surface area contributed by atoms with Crippen molar-refractivity contribution in [3.8, 4) is 0 Å². The van der Waals surface area contributed by atoms with Crippen molar-refractivity contribution >= 4 is 5.91 Å². The van der Waals surface area contributed by atoms with Crippen LogP contribution in [0.3, 0.4) is 0 Å². The van der Waals surface area contributed by atoms with E-state index in [1.165, 1.54) is 12.5 Å². The van der Waals surface area contributed by atoms with Crippen molar-refractivity contribution < 1.29 is 9.21 Å². The molecule has 0 unspecified atom stereocenters. The Hall–Kier alpha value is -1.29. The van der Waals surface area contributed by atoms with Gasteiger partial charge in [-0.25, -0.2) is 0 Å². The monoisotopic (exact) mass is 222 g/mol. The fourth-order valence-electron chi connectivity index (χ4n) is 2.01. The van der Waals surface area contributed by atoms with Gasteiger partial charge in [0.05, 0.1) is 11.8 Å². The summed E-state index contributed by atoms with van der Waals surface area (Å²) in [4.78, 5) is 16.3. The van der Waals surface area contributed by atoms with Crippen LogP contribution >= 0.6 is 0 Å². The van der Waals surface area contributed by atoms with E-state index in [-0.39, 0.29) is 5.91 Å². The molecular weight excluding hydrogens is 204 g/mol. The van der Waals surface area contributed by atoms with Crippen LogP contribution in [0.1, 0.15) is 24.2 Å². The minimum atomic E-state index is 0.0807. The molecule has 0 N–H and O–H groups in total. The second-order valence-corrected chi connectivity index (χ2v) is 4.43. The lowest BCUT2D eigenvalue weighted by Crippen LogP contribution is -2.50. The molecule has 1 aliphatic rings. The highest BCUT2D eigenvalue weighted by Gasteiger charge is 2.23. The lowest BCUT2D eigenvalue weighted by atomic mass is 10.2. The zero-order valence-electron chi connectivity index (χ0n) is 9.85. The molecule has 1 aliphatic heterocycles. The van der Waals surface area contributed by atoms with Gasteiger partial charge in [-0.1, -0.05) is 0 Å². The molecule has 88 valence electrons. The van der Waals surface area contributed by atoms with Gasteiger partial charge in [0.1, 0.15) is 6.26 Å². The third-order valence-corrected chi connectivity index (χ3v) is 3.10. The van der Waals surface area contributed by atoms with Crippen LogP contribution in [-0.2, 0) is 0 Å². The van der Waals surface area contributed by atoms with Crippen LogP contribution in [0.4, 0.5) is 0 Å². The quantitative estimate of drug-likeness (QED) is 0.760. The Kier molecular flexibility index (Phi) is 3.29. The Morgan fingerprint density at radius 3 is 2.50 bits per heavy atom. The summed E-state index contributed by atoms with van der Waals surface area (Å²) in [5.41, 5.74) is 0.651. The van der Waals surface area contributed by atoms with Crippen LogP contribution in [-0.4, -0.2) is 47.9 Å². The third-order valence-electron chi connectivity index (χ3n) is 3.10. The minimum Gasteiger partial charge on any atom is -0.472 e. The SMILES string of the molecule is CC(C)N1CCN(C(=O)c2ccoc2)CC1. The topological polar surface area (TPSA) is 36.7 Å². The number of amides is 1. The van der Waals surface area contributed by atoms with E-state index >= 15 is 0 Å². The highest BCUT2D eigenvalue weighted by atomic mass is 16.3. The van der Waals surface area contributed by atoms with Crippen LogP contribution in [0.25, 0.3) is 0 Å². The van der Waals surface area contributed by atoms with Crippen molar-refractivity contribution in [2.45, 2.75) is 19.9 Å². The summed E-state index contributed by atoms with van der Waals surface area (Å²) in [6.45, 7) is 7.91. The molecule has 0 saturated carbocycles. The number of hydrogen-bond acceptors (Lipinski definition) is 3. The largest absolute Gasteiger partial charge is 0.472 e. The van der Waals surface area contributed by atoms with Crippen molar-refractivity contribution in [2.75, 3.05) is 26.2 Å². The molecular formula is C12H18N2O2. The number of piperazine rings is 1. The summed E-state index contributed by atoms with van der Waals surface area (Å²) in [7, 11) is 0. The molecule has 4 heteroatoms. The molecule has 2 heterocycles. The fourth-order valence-corrected chi connectivity index (χ4v) is 2.01. The van der Waals surface area contributed by atoms with E-state index in [1.54, 1.807) is 6.07 Å². The fraction of sp³-hybridized carbons (Fsp3) is 0.583. The van der Waals surface area contributed by atoms with Crippen molar-refractivity contribution in [1.82, 2.24) is 9.80 Å². The van der Waals surface area contributed by atoms with E-state index in [1.807, 2.05) is 4.90 Å². The predicted octanol–water partition coefficient (Wildman–Crippen LogP) is 1.45. The lowest BCUT2D eigenvalue weighted by molar-refractivity contribution is 0.0595. The Balaban J connectivity index is 1.92. The molecule has 1 saturated heterocycles. The first-order valence-corrected chi connectivity index (χ1v) is 5.74. The molecule has 1 fully saturated rings. The molecule has 2 rings (SSSR count). The van der Waals surface area contributed by atoms with Gasteiger partial charge < -0.3 is 9.32 Å². The molecule has 0 aliphatic carbocycles. The molecule has 16 heavy (non-hydrogen) atoms. The summed E-state index contributed by atoms with van der Waals surface area (Å²) >= 11 is 0. The maximum absolute atomic E-state index is 12.0. The van der Waals surface area contributed by atoms with Crippen molar-refractivity contribution in [1.29, 1.82) is 0 Å². The first-order valence-electron chi connectivity index (χ1n) is 5.74. The van der Waals surface area contributed by atoms with E-state index < -0.39 is 0 Å². The number of nitrogens with zero attached hydrogens (tertiary/aromatic N) is 2. The normalized spacial score (nSPS) is 18.1. The van der Waals surface area contributed by atoms with Crippen LogP contribution in [0.2, 0.25) is 0 Å². The Morgan fingerprint density at radius 1 is 1.31 bits per heavy atom. The first kappa shape index (κ1) is 11.2. The molecule has 1 aromatic rings. The van der Waals surface area contributed by atoms with Crippen LogP contribution in [0.5, 0.6) is 0 Å². The van der Waals surface area contributed by atoms with Gasteiger partial charge in [0, 0.05) is 32.2 Å². The summed E-state index contributed by atoms with van der Waals surface area (Å²) in [5.74, 6) is 0.0807. The van der Waals surface area contributed by atoms with Gasteiger partial charge in [0.25, 0.3) is 5.91 Å². The van der Waals surface area contributed by atoms with Crippen molar-refractivity contribution in [3.05, 3.63) is 24.2 Å².